The summed E-state index contributed by atoms with van der Waals surface area (Å²) in [6, 6.07) is 0. The standard InChI is InChI=1S/C12H13BrO3/c1-10-2-7-8(13)3-11(10,5-15-4-10)9(14)12(7)6-16-12/h3,7H,2,4-6H2,1H3/t7?,10-,11?,12-/m1/s1. The Balaban J connectivity index is 1.98. The monoisotopic (exact) mass is 284 g/mol. The maximum Gasteiger partial charge on any atom is 0.180 e. The van der Waals surface area contributed by atoms with Gasteiger partial charge in [-0.2, -0.15) is 0 Å². The fourth-order valence-corrected chi connectivity index (χ4v) is 4.74. The topological polar surface area (TPSA) is 38.8 Å². The van der Waals surface area contributed by atoms with Crippen molar-refractivity contribution in [2.24, 2.45) is 16.7 Å². The van der Waals surface area contributed by atoms with Crippen LogP contribution in [0.3, 0.4) is 0 Å². The highest BCUT2D eigenvalue weighted by Crippen LogP contribution is 2.67. The van der Waals surface area contributed by atoms with Crippen LogP contribution >= 0.6 is 15.9 Å². The van der Waals surface area contributed by atoms with E-state index in [9.17, 15) is 4.79 Å². The average Bonchev–Trinajstić information content (AvgIpc) is 2.94. The molecule has 2 saturated heterocycles. The summed E-state index contributed by atoms with van der Waals surface area (Å²) in [7, 11) is 0. The van der Waals surface area contributed by atoms with Gasteiger partial charge in [-0.05, 0) is 10.9 Å². The summed E-state index contributed by atoms with van der Waals surface area (Å²) >= 11 is 3.62. The average molecular weight is 285 g/mol. The molecule has 16 heavy (non-hydrogen) atoms. The maximum absolute atomic E-state index is 12.7. The summed E-state index contributed by atoms with van der Waals surface area (Å²) in [5.74, 6) is 0.480. The van der Waals surface area contributed by atoms with Crippen LogP contribution in [0.15, 0.2) is 10.6 Å². The number of ether oxygens (including phenoxy) is 2. The molecule has 5 rings (SSSR count). The first-order valence-electron chi connectivity index (χ1n) is 5.69. The smallest absolute Gasteiger partial charge is 0.180 e. The van der Waals surface area contributed by atoms with Crippen LogP contribution in [0, 0.1) is 16.7 Å². The minimum Gasteiger partial charge on any atom is -0.379 e. The van der Waals surface area contributed by atoms with Gasteiger partial charge in [0.2, 0.25) is 0 Å². The lowest BCUT2D eigenvalue weighted by Gasteiger charge is -2.52. The number of Topliss-reactive ketones (excluding diaryl/α,β-unsaturated/α-hetero) is 1. The van der Waals surface area contributed by atoms with Crippen LogP contribution in [0.5, 0.6) is 0 Å². The maximum atomic E-state index is 12.7. The molecule has 2 aliphatic heterocycles. The van der Waals surface area contributed by atoms with E-state index in [4.69, 9.17) is 9.47 Å². The van der Waals surface area contributed by atoms with Crippen molar-refractivity contribution in [1.29, 1.82) is 0 Å². The van der Waals surface area contributed by atoms with Crippen molar-refractivity contribution < 1.29 is 14.3 Å². The summed E-state index contributed by atoms with van der Waals surface area (Å²) in [6.45, 7) is 3.99. The molecule has 0 aromatic rings. The van der Waals surface area contributed by atoms with Gasteiger partial charge < -0.3 is 9.47 Å². The molecule has 2 spiro atoms. The highest BCUT2D eigenvalue weighted by atomic mass is 79.9. The molecule has 0 aromatic carbocycles. The zero-order chi connectivity index (χ0) is 11.2. The highest BCUT2D eigenvalue weighted by molar-refractivity contribution is 9.11. The molecule has 2 bridgehead atoms. The van der Waals surface area contributed by atoms with Crippen LogP contribution in [-0.4, -0.2) is 31.2 Å². The lowest BCUT2D eigenvalue weighted by molar-refractivity contribution is -0.145. The Morgan fingerprint density at radius 3 is 2.88 bits per heavy atom. The van der Waals surface area contributed by atoms with E-state index < -0.39 is 11.0 Å². The first-order chi connectivity index (χ1) is 7.54. The van der Waals surface area contributed by atoms with Crippen LogP contribution in [-0.2, 0) is 14.3 Å². The predicted molar refractivity (Wildman–Crippen MR) is 60.2 cm³/mol. The third kappa shape index (κ3) is 0.783. The van der Waals surface area contributed by atoms with Gasteiger partial charge in [0.25, 0.3) is 0 Å². The van der Waals surface area contributed by atoms with Gasteiger partial charge >= 0.3 is 0 Å². The number of hydrogen-bond donors (Lipinski definition) is 0. The van der Waals surface area contributed by atoms with E-state index in [1.165, 1.54) is 0 Å². The molecule has 0 aromatic heterocycles. The first kappa shape index (κ1) is 9.80. The molecule has 0 N–H and O–H groups in total. The van der Waals surface area contributed by atoms with Gasteiger partial charge in [-0.15, -0.1) is 0 Å². The quantitative estimate of drug-likeness (QED) is 0.635. The SMILES string of the molecule is C[C@@]12COCC13C=C(Br)C(C2)[C@]1(CO1)C3=O. The Labute approximate surface area is 102 Å². The predicted octanol–water partition coefficient (Wildman–Crippen LogP) is 1.66. The summed E-state index contributed by atoms with van der Waals surface area (Å²) in [5, 5.41) is 0. The molecule has 0 amide bonds. The van der Waals surface area contributed by atoms with E-state index in [1.54, 1.807) is 0 Å². The molecule has 5 aliphatic rings. The fourth-order valence-electron chi connectivity index (χ4n) is 3.82. The Morgan fingerprint density at radius 1 is 1.44 bits per heavy atom. The number of rotatable bonds is 0. The van der Waals surface area contributed by atoms with Gasteiger partial charge in [0, 0.05) is 11.3 Å². The molecule has 3 aliphatic carbocycles. The zero-order valence-electron chi connectivity index (χ0n) is 9.09. The van der Waals surface area contributed by atoms with Gasteiger partial charge in [-0.3, -0.25) is 4.79 Å². The largest absolute Gasteiger partial charge is 0.379 e. The zero-order valence-corrected chi connectivity index (χ0v) is 10.7. The fraction of sp³-hybridized carbons (Fsp3) is 0.750. The van der Waals surface area contributed by atoms with Crippen molar-refractivity contribution in [3.05, 3.63) is 10.6 Å². The first-order valence-corrected chi connectivity index (χ1v) is 6.48. The van der Waals surface area contributed by atoms with E-state index >= 15 is 0 Å². The van der Waals surface area contributed by atoms with Gasteiger partial charge in [0.15, 0.2) is 11.4 Å². The van der Waals surface area contributed by atoms with E-state index in [-0.39, 0.29) is 17.1 Å². The second-order valence-corrected chi connectivity index (χ2v) is 6.73. The number of carbonyl (C=O) groups excluding carboxylic acids is 1. The lowest BCUT2D eigenvalue weighted by Crippen LogP contribution is -2.61. The number of ketones is 1. The molecule has 2 heterocycles. The Kier molecular flexibility index (Phi) is 1.51. The van der Waals surface area contributed by atoms with Crippen LogP contribution < -0.4 is 0 Å². The Hall–Kier alpha value is -0.190. The molecule has 4 heteroatoms. The number of hydrogen-bond acceptors (Lipinski definition) is 3. The lowest BCUT2D eigenvalue weighted by atomic mass is 9.49. The van der Waals surface area contributed by atoms with E-state index in [0.717, 1.165) is 10.9 Å². The summed E-state index contributed by atoms with van der Waals surface area (Å²) in [5.41, 5.74) is -0.957. The third-order valence-electron chi connectivity index (χ3n) is 5.01. The van der Waals surface area contributed by atoms with Crippen LogP contribution in [0.1, 0.15) is 13.3 Å². The van der Waals surface area contributed by atoms with Crippen LogP contribution in [0.4, 0.5) is 0 Å². The van der Waals surface area contributed by atoms with Crippen molar-refractivity contribution in [2.45, 2.75) is 18.9 Å². The molecule has 4 atom stereocenters. The van der Waals surface area contributed by atoms with Gasteiger partial charge in [0.05, 0.1) is 25.2 Å². The number of halogens is 1. The van der Waals surface area contributed by atoms with Gasteiger partial charge in [-0.25, -0.2) is 0 Å². The molecule has 86 valence electrons. The van der Waals surface area contributed by atoms with Gasteiger partial charge in [0.1, 0.15) is 0 Å². The molecule has 2 unspecified atom stereocenters. The van der Waals surface area contributed by atoms with Crippen molar-refractivity contribution in [1.82, 2.24) is 0 Å². The Bertz CT molecular complexity index is 440. The third-order valence-corrected chi connectivity index (χ3v) is 5.79. The van der Waals surface area contributed by atoms with Crippen molar-refractivity contribution in [2.75, 3.05) is 19.8 Å². The minimum atomic E-state index is -0.499. The van der Waals surface area contributed by atoms with E-state index in [1.807, 2.05) is 0 Å². The molecule has 3 fully saturated rings. The summed E-state index contributed by atoms with van der Waals surface area (Å²) in [6.07, 6.45) is 3.10. The van der Waals surface area contributed by atoms with Crippen molar-refractivity contribution in [3.63, 3.8) is 0 Å². The van der Waals surface area contributed by atoms with Crippen LogP contribution in [0.25, 0.3) is 0 Å². The summed E-state index contributed by atoms with van der Waals surface area (Å²) in [4.78, 5) is 12.7. The highest BCUT2D eigenvalue weighted by Gasteiger charge is 2.76. The van der Waals surface area contributed by atoms with Crippen molar-refractivity contribution >= 4 is 21.7 Å². The normalized spacial score (nSPS) is 57.8. The van der Waals surface area contributed by atoms with Crippen molar-refractivity contribution in [3.8, 4) is 0 Å². The molecular weight excluding hydrogens is 272 g/mol. The van der Waals surface area contributed by atoms with E-state index in [2.05, 4.69) is 28.9 Å². The molecule has 3 nitrogen and oxygen atoms in total. The minimum absolute atomic E-state index is 0.0246. The number of carbonyl (C=O) groups is 1. The Morgan fingerprint density at radius 2 is 2.19 bits per heavy atom. The molecule has 1 saturated carbocycles. The van der Waals surface area contributed by atoms with Gasteiger partial charge in [-0.1, -0.05) is 28.9 Å². The van der Waals surface area contributed by atoms with Crippen LogP contribution in [0.2, 0.25) is 0 Å². The summed E-state index contributed by atoms with van der Waals surface area (Å²) < 4.78 is 12.3. The second-order valence-electron chi connectivity index (χ2n) is 5.82. The second kappa shape index (κ2) is 2.47. The van der Waals surface area contributed by atoms with E-state index in [0.29, 0.717) is 19.8 Å². The molecule has 0 radical (unpaired) electrons. The number of epoxide rings is 1. The molecular formula is C12H13BrO3.